The fourth-order valence-electron chi connectivity index (χ4n) is 2.32. The van der Waals surface area contributed by atoms with E-state index in [1.54, 1.807) is 16.8 Å². The predicted octanol–water partition coefficient (Wildman–Crippen LogP) is 2.49. The van der Waals surface area contributed by atoms with Gasteiger partial charge in [-0.15, -0.1) is 0 Å². The molecule has 0 saturated carbocycles. The van der Waals surface area contributed by atoms with Crippen molar-refractivity contribution in [3.8, 4) is 0 Å². The van der Waals surface area contributed by atoms with Gasteiger partial charge in [-0.2, -0.15) is 0 Å². The SMILES string of the molecule is C=C(C)Cn1ccc2cc(N(C)CCC(=O)O)ccc2c1=O. The zero-order chi connectivity index (χ0) is 16.3. The van der Waals surface area contributed by atoms with Crippen LogP contribution in [0.25, 0.3) is 10.8 Å². The van der Waals surface area contributed by atoms with Crippen molar-refractivity contribution in [2.45, 2.75) is 19.9 Å². The Balaban J connectivity index is 2.34. The molecule has 0 bridgehead atoms. The minimum Gasteiger partial charge on any atom is -0.481 e. The minimum atomic E-state index is -0.824. The van der Waals surface area contributed by atoms with Crippen LogP contribution in [-0.4, -0.2) is 29.2 Å². The van der Waals surface area contributed by atoms with Gasteiger partial charge in [0.15, 0.2) is 0 Å². The molecule has 1 N–H and O–H groups in total. The molecule has 5 heteroatoms. The molecule has 0 aliphatic carbocycles. The number of hydrogen-bond acceptors (Lipinski definition) is 3. The second kappa shape index (κ2) is 6.47. The van der Waals surface area contributed by atoms with Crippen molar-refractivity contribution in [3.63, 3.8) is 0 Å². The molecular weight excluding hydrogens is 280 g/mol. The van der Waals surface area contributed by atoms with E-state index in [-0.39, 0.29) is 12.0 Å². The highest BCUT2D eigenvalue weighted by Gasteiger charge is 2.07. The highest BCUT2D eigenvalue weighted by Crippen LogP contribution is 2.19. The molecule has 2 aromatic rings. The van der Waals surface area contributed by atoms with Crippen LogP contribution in [-0.2, 0) is 11.3 Å². The molecule has 0 radical (unpaired) electrons. The smallest absolute Gasteiger partial charge is 0.305 e. The van der Waals surface area contributed by atoms with Gasteiger partial charge in [-0.3, -0.25) is 9.59 Å². The molecule has 1 aromatic carbocycles. The number of fused-ring (bicyclic) bond motifs is 1. The van der Waals surface area contributed by atoms with Gasteiger partial charge in [-0.05, 0) is 36.6 Å². The number of anilines is 1. The summed E-state index contributed by atoms with van der Waals surface area (Å²) in [7, 11) is 1.84. The molecule has 2 rings (SSSR count). The lowest BCUT2D eigenvalue weighted by Gasteiger charge is -2.19. The molecule has 0 saturated heterocycles. The van der Waals surface area contributed by atoms with E-state index in [1.165, 1.54) is 0 Å². The number of carboxylic acids is 1. The van der Waals surface area contributed by atoms with Crippen molar-refractivity contribution < 1.29 is 9.90 Å². The Kier molecular flexibility index (Phi) is 4.65. The van der Waals surface area contributed by atoms with E-state index in [0.717, 1.165) is 16.6 Å². The van der Waals surface area contributed by atoms with Crippen LogP contribution in [0.3, 0.4) is 0 Å². The average molecular weight is 300 g/mol. The lowest BCUT2D eigenvalue weighted by atomic mass is 10.1. The first-order valence-electron chi connectivity index (χ1n) is 7.09. The molecular formula is C17H20N2O3. The maximum Gasteiger partial charge on any atom is 0.305 e. The normalized spacial score (nSPS) is 10.6. The molecule has 0 amide bonds. The number of aromatic nitrogens is 1. The Hall–Kier alpha value is -2.56. The fraction of sp³-hybridized carbons (Fsp3) is 0.294. The number of pyridine rings is 1. The number of hydrogen-bond donors (Lipinski definition) is 1. The molecule has 116 valence electrons. The van der Waals surface area contributed by atoms with Crippen molar-refractivity contribution in [2.75, 3.05) is 18.5 Å². The maximum atomic E-state index is 12.4. The van der Waals surface area contributed by atoms with E-state index in [4.69, 9.17) is 5.11 Å². The highest BCUT2D eigenvalue weighted by atomic mass is 16.4. The van der Waals surface area contributed by atoms with E-state index in [9.17, 15) is 9.59 Å². The largest absolute Gasteiger partial charge is 0.481 e. The quantitative estimate of drug-likeness (QED) is 0.833. The summed E-state index contributed by atoms with van der Waals surface area (Å²) in [6, 6.07) is 7.44. The van der Waals surface area contributed by atoms with Crippen molar-refractivity contribution >= 4 is 22.4 Å². The van der Waals surface area contributed by atoms with Crippen LogP contribution in [0.4, 0.5) is 5.69 Å². The van der Waals surface area contributed by atoms with E-state index >= 15 is 0 Å². The van der Waals surface area contributed by atoms with Gasteiger partial charge in [0.1, 0.15) is 0 Å². The zero-order valence-electron chi connectivity index (χ0n) is 12.9. The number of allylic oxidation sites excluding steroid dienone is 1. The van der Waals surface area contributed by atoms with Gasteiger partial charge in [0.05, 0.1) is 6.42 Å². The third-order valence-corrected chi connectivity index (χ3v) is 3.50. The number of rotatable bonds is 6. The Morgan fingerprint density at radius 2 is 2.09 bits per heavy atom. The summed E-state index contributed by atoms with van der Waals surface area (Å²) in [5.41, 5.74) is 1.78. The standard InChI is InChI=1S/C17H20N2O3/c1-12(2)11-19-9-6-13-10-14(4-5-15(13)17(19)22)18(3)8-7-16(20)21/h4-6,9-10H,1,7-8,11H2,2-3H3,(H,20,21). The molecule has 0 unspecified atom stereocenters. The molecule has 0 aliphatic rings. The van der Waals surface area contributed by atoms with Crippen LogP contribution in [0.1, 0.15) is 13.3 Å². The Morgan fingerprint density at radius 1 is 1.36 bits per heavy atom. The average Bonchev–Trinajstić information content (AvgIpc) is 2.47. The van der Waals surface area contributed by atoms with Crippen LogP contribution in [0.5, 0.6) is 0 Å². The minimum absolute atomic E-state index is 0.0414. The number of aliphatic carboxylic acids is 1. The maximum absolute atomic E-state index is 12.4. The first-order valence-corrected chi connectivity index (χ1v) is 7.09. The first kappa shape index (κ1) is 15.8. The van der Waals surface area contributed by atoms with E-state index in [0.29, 0.717) is 18.5 Å². The molecule has 0 spiro atoms. The first-order chi connectivity index (χ1) is 10.4. The lowest BCUT2D eigenvalue weighted by Crippen LogP contribution is -2.22. The van der Waals surface area contributed by atoms with Crippen LogP contribution in [0, 0.1) is 0 Å². The van der Waals surface area contributed by atoms with Gasteiger partial charge in [-0.25, -0.2) is 0 Å². The number of carboxylic acid groups (broad SMARTS) is 1. The van der Waals surface area contributed by atoms with Crippen molar-refractivity contribution in [3.05, 3.63) is 53.0 Å². The predicted molar refractivity (Wildman–Crippen MR) is 88.5 cm³/mol. The molecule has 5 nitrogen and oxygen atoms in total. The van der Waals surface area contributed by atoms with Crippen molar-refractivity contribution in [1.29, 1.82) is 0 Å². The molecule has 0 aliphatic heterocycles. The Morgan fingerprint density at radius 3 is 2.73 bits per heavy atom. The molecule has 22 heavy (non-hydrogen) atoms. The summed E-state index contributed by atoms with van der Waals surface area (Å²) < 4.78 is 1.64. The molecule has 0 atom stereocenters. The van der Waals surface area contributed by atoms with Gasteiger partial charge in [0.25, 0.3) is 5.56 Å². The molecule has 1 heterocycles. The Bertz CT molecular complexity index is 777. The van der Waals surface area contributed by atoms with Crippen LogP contribution in [0.2, 0.25) is 0 Å². The Labute approximate surface area is 129 Å². The summed E-state index contributed by atoms with van der Waals surface area (Å²) in [5.74, 6) is -0.824. The van der Waals surface area contributed by atoms with E-state index in [2.05, 4.69) is 6.58 Å². The highest BCUT2D eigenvalue weighted by molar-refractivity contribution is 5.85. The number of nitrogens with zero attached hydrogens (tertiary/aromatic N) is 2. The van der Waals surface area contributed by atoms with Gasteiger partial charge < -0.3 is 14.6 Å². The summed E-state index contributed by atoms with van der Waals surface area (Å²) >= 11 is 0. The van der Waals surface area contributed by atoms with Gasteiger partial charge in [0.2, 0.25) is 0 Å². The summed E-state index contributed by atoms with van der Waals surface area (Å²) in [6.45, 7) is 6.65. The van der Waals surface area contributed by atoms with Crippen LogP contribution >= 0.6 is 0 Å². The monoisotopic (exact) mass is 300 g/mol. The fourth-order valence-corrected chi connectivity index (χ4v) is 2.32. The van der Waals surface area contributed by atoms with E-state index < -0.39 is 5.97 Å². The summed E-state index contributed by atoms with van der Waals surface area (Å²) in [4.78, 5) is 24.9. The summed E-state index contributed by atoms with van der Waals surface area (Å²) in [6.07, 6.45) is 1.84. The number of benzene rings is 1. The second-order valence-corrected chi connectivity index (χ2v) is 5.54. The second-order valence-electron chi connectivity index (χ2n) is 5.54. The van der Waals surface area contributed by atoms with E-state index in [1.807, 2.05) is 37.1 Å². The van der Waals surface area contributed by atoms with Gasteiger partial charge in [0, 0.05) is 37.4 Å². The van der Waals surface area contributed by atoms with Crippen molar-refractivity contribution in [2.24, 2.45) is 0 Å². The topological polar surface area (TPSA) is 62.5 Å². The third-order valence-electron chi connectivity index (χ3n) is 3.50. The van der Waals surface area contributed by atoms with Crippen LogP contribution < -0.4 is 10.5 Å². The van der Waals surface area contributed by atoms with Crippen molar-refractivity contribution in [1.82, 2.24) is 4.57 Å². The number of carbonyl (C=O) groups is 1. The van der Waals surface area contributed by atoms with Crippen LogP contribution in [0.15, 0.2) is 47.4 Å². The van der Waals surface area contributed by atoms with Gasteiger partial charge >= 0.3 is 5.97 Å². The molecule has 1 aromatic heterocycles. The summed E-state index contributed by atoms with van der Waals surface area (Å²) in [5, 5.41) is 10.2. The zero-order valence-corrected chi connectivity index (χ0v) is 12.9. The third kappa shape index (κ3) is 3.55. The lowest BCUT2D eigenvalue weighted by molar-refractivity contribution is -0.136. The van der Waals surface area contributed by atoms with Gasteiger partial charge in [-0.1, -0.05) is 12.2 Å². The molecule has 0 fully saturated rings.